The van der Waals surface area contributed by atoms with Gasteiger partial charge < -0.3 is 10.1 Å². The quantitative estimate of drug-likeness (QED) is 0.733. The van der Waals surface area contributed by atoms with Crippen LogP contribution in [0.4, 0.5) is 0 Å². The third kappa shape index (κ3) is 4.55. The van der Waals surface area contributed by atoms with Crippen LogP contribution in [0.2, 0.25) is 0 Å². The zero-order valence-electron chi connectivity index (χ0n) is 13.5. The maximum atomic E-state index is 12.5. The largest absolute Gasteiger partial charge is 0.379 e. The van der Waals surface area contributed by atoms with E-state index in [1.165, 1.54) is 5.56 Å². The van der Waals surface area contributed by atoms with Gasteiger partial charge in [0.25, 0.3) is 5.91 Å². The van der Waals surface area contributed by atoms with Crippen molar-refractivity contribution in [3.63, 3.8) is 0 Å². The summed E-state index contributed by atoms with van der Waals surface area (Å²) in [6.45, 7) is 3.86. The maximum absolute atomic E-state index is 12.5. The third-order valence-corrected chi connectivity index (χ3v) is 4.88. The molecule has 3 rings (SSSR count). The minimum absolute atomic E-state index is 0.0253. The Hall–Kier alpha value is -1.44. The van der Waals surface area contributed by atoms with Crippen molar-refractivity contribution in [3.8, 4) is 0 Å². The molecule has 1 heterocycles. The lowest BCUT2D eigenvalue weighted by atomic mass is 10.0. The standard InChI is InChI=1S/C19H21IN2O2/c20-17-8-4-7-16(13-17)19(23)21-14-18(15-5-2-1-3-6-15)22-9-11-24-12-10-22/h1-8,13,18H,9-12,14H2,(H,21,23). The fourth-order valence-corrected chi connectivity index (χ4v) is 3.49. The molecule has 1 saturated heterocycles. The van der Waals surface area contributed by atoms with E-state index >= 15 is 0 Å². The number of nitrogens with one attached hydrogen (secondary N) is 1. The summed E-state index contributed by atoms with van der Waals surface area (Å²) in [6.07, 6.45) is 0. The van der Waals surface area contributed by atoms with Crippen molar-refractivity contribution < 1.29 is 9.53 Å². The summed E-state index contributed by atoms with van der Waals surface area (Å²) < 4.78 is 6.53. The van der Waals surface area contributed by atoms with Gasteiger partial charge in [-0.25, -0.2) is 0 Å². The van der Waals surface area contributed by atoms with Gasteiger partial charge in [-0.2, -0.15) is 0 Å². The van der Waals surface area contributed by atoms with Crippen molar-refractivity contribution in [3.05, 3.63) is 69.3 Å². The second-order valence-electron chi connectivity index (χ2n) is 5.80. The Balaban J connectivity index is 1.71. The lowest BCUT2D eigenvalue weighted by Crippen LogP contribution is -2.43. The van der Waals surface area contributed by atoms with E-state index in [4.69, 9.17) is 4.74 Å². The van der Waals surface area contributed by atoms with Crippen molar-refractivity contribution >= 4 is 28.5 Å². The lowest BCUT2D eigenvalue weighted by Gasteiger charge is -2.35. The van der Waals surface area contributed by atoms with E-state index in [-0.39, 0.29) is 11.9 Å². The number of carbonyl (C=O) groups is 1. The van der Waals surface area contributed by atoms with Crippen LogP contribution >= 0.6 is 22.6 Å². The molecule has 1 fully saturated rings. The Labute approximate surface area is 156 Å². The average molecular weight is 436 g/mol. The Morgan fingerprint density at radius 1 is 1.12 bits per heavy atom. The number of benzene rings is 2. The highest BCUT2D eigenvalue weighted by atomic mass is 127. The van der Waals surface area contributed by atoms with E-state index in [0.29, 0.717) is 12.1 Å². The average Bonchev–Trinajstić information content (AvgIpc) is 2.63. The van der Waals surface area contributed by atoms with Crippen LogP contribution in [0.15, 0.2) is 54.6 Å². The van der Waals surface area contributed by atoms with E-state index < -0.39 is 0 Å². The molecule has 5 heteroatoms. The summed E-state index contributed by atoms with van der Waals surface area (Å²) >= 11 is 2.22. The Kier molecular flexibility index (Phi) is 6.23. The maximum Gasteiger partial charge on any atom is 0.251 e. The van der Waals surface area contributed by atoms with Gasteiger partial charge >= 0.3 is 0 Å². The highest BCUT2D eigenvalue weighted by molar-refractivity contribution is 14.1. The fourth-order valence-electron chi connectivity index (χ4n) is 2.94. The first-order valence-corrected chi connectivity index (χ1v) is 9.22. The second kappa shape index (κ2) is 8.60. The van der Waals surface area contributed by atoms with E-state index in [2.05, 4.69) is 44.9 Å². The molecule has 2 aromatic rings. The van der Waals surface area contributed by atoms with Crippen LogP contribution in [-0.2, 0) is 4.74 Å². The fraction of sp³-hybridized carbons (Fsp3) is 0.316. The summed E-state index contributed by atoms with van der Waals surface area (Å²) in [4.78, 5) is 14.8. The molecular weight excluding hydrogens is 415 g/mol. The summed E-state index contributed by atoms with van der Waals surface area (Å²) in [5, 5.41) is 3.10. The van der Waals surface area contributed by atoms with Crippen molar-refractivity contribution in [1.29, 1.82) is 0 Å². The first kappa shape index (κ1) is 17.4. The zero-order chi connectivity index (χ0) is 16.8. The van der Waals surface area contributed by atoms with Gasteiger partial charge in [0, 0.05) is 28.8 Å². The molecule has 0 aromatic heterocycles. The number of nitrogens with zero attached hydrogens (tertiary/aromatic N) is 1. The monoisotopic (exact) mass is 436 g/mol. The molecule has 0 spiro atoms. The van der Waals surface area contributed by atoms with Gasteiger partial charge in [0.15, 0.2) is 0 Å². The molecule has 24 heavy (non-hydrogen) atoms. The van der Waals surface area contributed by atoms with Crippen molar-refractivity contribution in [2.75, 3.05) is 32.8 Å². The smallest absolute Gasteiger partial charge is 0.251 e. The molecule has 1 aliphatic rings. The number of amides is 1. The van der Waals surface area contributed by atoms with Gasteiger partial charge in [-0.1, -0.05) is 36.4 Å². The Morgan fingerprint density at radius 3 is 2.58 bits per heavy atom. The van der Waals surface area contributed by atoms with E-state index in [1.807, 2.05) is 42.5 Å². The van der Waals surface area contributed by atoms with Crippen LogP contribution in [0.25, 0.3) is 0 Å². The number of hydrogen-bond acceptors (Lipinski definition) is 3. The molecule has 2 aromatic carbocycles. The molecule has 1 unspecified atom stereocenters. The number of rotatable bonds is 5. The number of carbonyl (C=O) groups excluding carboxylic acids is 1. The van der Waals surface area contributed by atoms with Crippen LogP contribution in [0, 0.1) is 3.57 Å². The van der Waals surface area contributed by atoms with Gasteiger partial charge in [-0.15, -0.1) is 0 Å². The molecule has 1 N–H and O–H groups in total. The van der Waals surface area contributed by atoms with Gasteiger partial charge in [0.1, 0.15) is 0 Å². The summed E-state index contributed by atoms with van der Waals surface area (Å²) in [5.41, 5.74) is 1.93. The summed E-state index contributed by atoms with van der Waals surface area (Å²) in [6, 6.07) is 18.2. The Morgan fingerprint density at radius 2 is 1.88 bits per heavy atom. The lowest BCUT2D eigenvalue weighted by molar-refractivity contribution is 0.0162. The van der Waals surface area contributed by atoms with Gasteiger partial charge in [-0.05, 0) is 46.4 Å². The number of halogens is 1. The molecule has 0 bridgehead atoms. The molecule has 126 valence electrons. The minimum Gasteiger partial charge on any atom is -0.379 e. The third-order valence-electron chi connectivity index (χ3n) is 4.21. The molecule has 4 nitrogen and oxygen atoms in total. The minimum atomic E-state index is -0.0253. The predicted molar refractivity (Wildman–Crippen MR) is 103 cm³/mol. The molecule has 0 radical (unpaired) electrons. The molecule has 1 aliphatic heterocycles. The molecule has 1 atom stereocenters. The predicted octanol–water partition coefficient (Wildman–Crippen LogP) is 3.09. The SMILES string of the molecule is O=C(NCC(c1ccccc1)N1CCOCC1)c1cccc(I)c1. The number of hydrogen-bond donors (Lipinski definition) is 1. The van der Waals surface area contributed by atoms with E-state index in [0.717, 1.165) is 29.9 Å². The molecular formula is C19H21IN2O2. The van der Waals surface area contributed by atoms with Gasteiger partial charge in [0.2, 0.25) is 0 Å². The first-order chi connectivity index (χ1) is 11.7. The molecule has 1 amide bonds. The molecule has 0 saturated carbocycles. The van der Waals surface area contributed by atoms with Crippen molar-refractivity contribution in [2.45, 2.75) is 6.04 Å². The zero-order valence-corrected chi connectivity index (χ0v) is 15.6. The number of ether oxygens (including phenoxy) is 1. The van der Waals surface area contributed by atoms with Gasteiger partial charge in [0.05, 0.1) is 19.3 Å². The number of morpholine rings is 1. The normalized spacial score (nSPS) is 16.5. The second-order valence-corrected chi connectivity index (χ2v) is 7.04. The van der Waals surface area contributed by atoms with Crippen LogP contribution in [0.1, 0.15) is 22.0 Å². The van der Waals surface area contributed by atoms with Crippen LogP contribution in [-0.4, -0.2) is 43.7 Å². The van der Waals surface area contributed by atoms with Crippen LogP contribution in [0.5, 0.6) is 0 Å². The van der Waals surface area contributed by atoms with Crippen molar-refractivity contribution in [1.82, 2.24) is 10.2 Å². The highest BCUT2D eigenvalue weighted by Crippen LogP contribution is 2.21. The van der Waals surface area contributed by atoms with E-state index in [1.54, 1.807) is 0 Å². The summed E-state index contributed by atoms with van der Waals surface area (Å²) in [5.74, 6) is -0.0253. The van der Waals surface area contributed by atoms with E-state index in [9.17, 15) is 4.79 Å². The van der Waals surface area contributed by atoms with Crippen LogP contribution < -0.4 is 5.32 Å². The molecule has 0 aliphatic carbocycles. The highest BCUT2D eigenvalue weighted by Gasteiger charge is 2.23. The first-order valence-electron chi connectivity index (χ1n) is 8.14. The van der Waals surface area contributed by atoms with Crippen LogP contribution in [0.3, 0.4) is 0 Å². The topological polar surface area (TPSA) is 41.6 Å². The van der Waals surface area contributed by atoms with Gasteiger partial charge in [-0.3, -0.25) is 9.69 Å². The summed E-state index contributed by atoms with van der Waals surface area (Å²) in [7, 11) is 0. The Bertz CT molecular complexity index is 672. The van der Waals surface area contributed by atoms with Crippen molar-refractivity contribution in [2.24, 2.45) is 0 Å².